The molecule has 0 bridgehead atoms. The highest BCUT2D eigenvalue weighted by Crippen LogP contribution is 2.30. The molecule has 1 amide bonds. The molecule has 1 aromatic rings. The third kappa shape index (κ3) is 3.38. The zero-order chi connectivity index (χ0) is 14.7. The van der Waals surface area contributed by atoms with Crippen molar-refractivity contribution in [2.75, 3.05) is 32.1 Å². The van der Waals surface area contributed by atoms with E-state index in [4.69, 9.17) is 4.74 Å². The largest absolute Gasteiger partial charge is 0.497 e. The van der Waals surface area contributed by atoms with Crippen molar-refractivity contribution in [3.63, 3.8) is 0 Å². The number of rotatable bonds is 4. The van der Waals surface area contributed by atoms with Crippen LogP contribution < -0.4 is 10.1 Å². The molecule has 113 valence electrons. The Labute approximate surface area is 126 Å². The van der Waals surface area contributed by atoms with Gasteiger partial charge in [0.05, 0.1) is 7.11 Å². The summed E-state index contributed by atoms with van der Waals surface area (Å²) in [6.07, 6.45) is 6.49. The second-order valence-corrected chi connectivity index (χ2v) is 5.91. The van der Waals surface area contributed by atoms with Crippen LogP contribution in [-0.2, 0) is 11.2 Å². The number of ether oxygens (including phenoxy) is 1. The number of nitrogens with one attached hydrogen (secondary N) is 1. The highest BCUT2D eigenvalue weighted by atomic mass is 16.5. The van der Waals surface area contributed by atoms with Gasteiger partial charge in [-0.15, -0.1) is 0 Å². The second kappa shape index (κ2) is 6.48. The number of carbonyl (C=O) groups excluding carboxylic acids is 1. The monoisotopic (exact) mass is 287 g/mol. The maximum absolute atomic E-state index is 12.3. The van der Waals surface area contributed by atoms with Crippen molar-refractivity contribution in [1.29, 1.82) is 0 Å². The van der Waals surface area contributed by atoms with Crippen LogP contribution >= 0.6 is 0 Å². The first-order valence-corrected chi connectivity index (χ1v) is 7.78. The summed E-state index contributed by atoms with van der Waals surface area (Å²) in [6, 6.07) is 5.94. The number of fused-ring (bicyclic) bond motifs is 1. The molecule has 2 aliphatic heterocycles. The molecule has 0 spiro atoms. The third-order valence-electron chi connectivity index (χ3n) is 4.50. The van der Waals surface area contributed by atoms with E-state index >= 15 is 0 Å². The first-order valence-electron chi connectivity index (χ1n) is 7.78. The van der Waals surface area contributed by atoms with Crippen LogP contribution in [0.5, 0.6) is 5.75 Å². The van der Waals surface area contributed by atoms with E-state index in [9.17, 15) is 4.79 Å². The number of piperidine rings is 1. The summed E-state index contributed by atoms with van der Waals surface area (Å²) >= 11 is 0. The lowest BCUT2D eigenvalue weighted by atomic mass is 9.90. The van der Waals surface area contributed by atoms with E-state index in [2.05, 4.69) is 22.7 Å². The molecule has 0 saturated carbocycles. The summed E-state index contributed by atoms with van der Waals surface area (Å²) in [6.45, 7) is 3.31. The van der Waals surface area contributed by atoms with Gasteiger partial charge in [0.2, 0.25) is 5.91 Å². The molecule has 4 nitrogen and oxygen atoms in total. The van der Waals surface area contributed by atoms with E-state index < -0.39 is 0 Å². The zero-order valence-corrected chi connectivity index (χ0v) is 12.6. The van der Waals surface area contributed by atoms with Crippen molar-refractivity contribution >= 4 is 11.6 Å². The van der Waals surface area contributed by atoms with Crippen molar-refractivity contribution in [3.8, 4) is 5.75 Å². The molecular formula is C17H23N2O2. The Hall–Kier alpha value is -1.55. The molecule has 1 radical (unpaired) electrons. The molecule has 1 saturated heterocycles. The van der Waals surface area contributed by atoms with Gasteiger partial charge in [0.15, 0.2) is 0 Å². The van der Waals surface area contributed by atoms with E-state index in [1.54, 1.807) is 7.11 Å². The molecule has 1 fully saturated rings. The number of benzene rings is 1. The molecule has 21 heavy (non-hydrogen) atoms. The molecule has 1 aromatic carbocycles. The Morgan fingerprint density at radius 3 is 2.90 bits per heavy atom. The Morgan fingerprint density at radius 2 is 2.14 bits per heavy atom. The lowest BCUT2D eigenvalue weighted by Crippen LogP contribution is -2.36. The maximum Gasteiger partial charge on any atom is 0.227 e. The molecule has 1 atom stereocenters. The topological polar surface area (TPSA) is 41.6 Å². The zero-order valence-electron chi connectivity index (χ0n) is 12.6. The summed E-state index contributed by atoms with van der Waals surface area (Å²) in [4.78, 5) is 14.7. The normalized spacial score (nSPS) is 22.5. The van der Waals surface area contributed by atoms with Crippen molar-refractivity contribution < 1.29 is 9.53 Å². The van der Waals surface area contributed by atoms with Crippen LogP contribution in [0.1, 0.15) is 24.8 Å². The highest BCUT2D eigenvalue weighted by Gasteiger charge is 2.26. The summed E-state index contributed by atoms with van der Waals surface area (Å²) in [5, 5.41) is 3.03. The molecule has 2 heterocycles. The number of hydrogen-bond acceptors (Lipinski definition) is 3. The van der Waals surface area contributed by atoms with Crippen LogP contribution in [0, 0.1) is 12.3 Å². The number of hydrogen-bond donors (Lipinski definition) is 1. The fourth-order valence-electron chi connectivity index (χ4n) is 3.17. The Kier molecular flexibility index (Phi) is 4.44. The molecule has 4 heteroatoms. The Bertz CT molecular complexity index is 510. The van der Waals surface area contributed by atoms with Crippen molar-refractivity contribution in [1.82, 2.24) is 4.90 Å². The van der Waals surface area contributed by atoms with E-state index in [0.717, 1.165) is 43.9 Å². The number of methoxy groups -OCH3 is 1. The maximum atomic E-state index is 12.3. The summed E-state index contributed by atoms with van der Waals surface area (Å²) < 4.78 is 5.21. The van der Waals surface area contributed by atoms with Crippen LogP contribution in [-0.4, -0.2) is 37.6 Å². The highest BCUT2D eigenvalue weighted by molar-refractivity contribution is 5.96. The molecule has 1 N–H and O–H groups in total. The predicted octanol–water partition coefficient (Wildman–Crippen LogP) is 2.50. The third-order valence-corrected chi connectivity index (χ3v) is 4.50. The predicted molar refractivity (Wildman–Crippen MR) is 83.4 cm³/mol. The number of likely N-dealkylation sites (tertiary alicyclic amines) is 1. The van der Waals surface area contributed by atoms with Gasteiger partial charge in [-0.3, -0.25) is 4.79 Å². The number of nitrogens with zero attached hydrogens (tertiary/aromatic N) is 1. The van der Waals surface area contributed by atoms with Gasteiger partial charge in [-0.1, -0.05) is 6.07 Å². The van der Waals surface area contributed by atoms with Gasteiger partial charge >= 0.3 is 0 Å². The van der Waals surface area contributed by atoms with Crippen LogP contribution in [0.2, 0.25) is 0 Å². The first-order chi connectivity index (χ1) is 10.3. The Morgan fingerprint density at radius 1 is 1.33 bits per heavy atom. The van der Waals surface area contributed by atoms with Gasteiger partial charge in [0.1, 0.15) is 5.75 Å². The molecule has 1 unspecified atom stereocenters. The molecule has 2 aliphatic rings. The average molecular weight is 287 g/mol. The van der Waals surface area contributed by atoms with Crippen molar-refractivity contribution in [2.45, 2.75) is 25.7 Å². The first kappa shape index (κ1) is 14.4. The molecule has 0 aromatic heterocycles. The minimum atomic E-state index is 0.0943. The van der Waals surface area contributed by atoms with Gasteiger partial charge < -0.3 is 15.0 Å². The van der Waals surface area contributed by atoms with Crippen molar-refractivity contribution in [3.05, 3.63) is 30.2 Å². The van der Waals surface area contributed by atoms with E-state index in [1.807, 2.05) is 12.1 Å². The standard InChI is InChI=1S/C17H23N2O2/c1-21-15-6-5-13-11-14(17(20)18-16(13)12-15)7-10-19-8-3-2-4-9-19/h2,5-6,12,14H,3-4,7-11H2,1H3,(H,18,20). The van der Waals surface area contributed by atoms with Crippen LogP contribution in [0.15, 0.2) is 18.2 Å². The van der Waals surface area contributed by atoms with E-state index in [-0.39, 0.29) is 11.8 Å². The minimum absolute atomic E-state index is 0.0943. The van der Waals surface area contributed by atoms with Crippen LogP contribution in [0.25, 0.3) is 0 Å². The smallest absolute Gasteiger partial charge is 0.227 e. The molecule has 3 rings (SSSR count). The summed E-state index contributed by atoms with van der Waals surface area (Å²) in [5.41, 5.74) is 2.12. The second-order valence-electron chi connectivity index (χ2n) is 5.91. The number of carbonyl (C=O) groups is 1. The fraction of sp³-hybridized carbons (Fsp3) is 0.529. The summed E-state index contributed by atoms with van der Waals surface area (Å²) in [5.74, 6) is 1.04. The van der Waals surface area contributed by atoms with Crippen LogP contribution in [0.3, 0.4) is 0 Å². The van der Waals surface area contributed by atoms with Gasteiger partial charge in [-0.05, 0) is 63.4 Å². The molecule has 0 aliphatic carbocycles. The van der Waals surface area contributed by atoms with E-state index in [0.29, 0.717) is 0 Å². The lowest BCUT2D eigenvalue weighted by molar-refractivity contribution is -0.120. The van der Waals surface area contributed by atoms with Gasteiger partial charge in [-0.25, -0.2) is 0 Å². The van der Waals surface area contributed by atoms with Gasteiger partial charge in [0.25, 0.3) is 0 Å². The SMILES string of the molecule is COc1ccc2c(c1)NC(=O)C(CCN1CC[CH]CC1)C2. The molecular weight excluding hydrogens is 264 g/mol. The number of amides is 1. The van der Waals surface area contributed by atoms with Crippen molar-refractivity contribution in [2.24, 2.45) is 5.92 Å². The lowest BCUT2D eigenvalue weighted by Gasteiger charge is -2.30. The Balaban J connectivity index is 1.61. The fourth-order valence-corrected chi connectivity index (χ4v) is 3.17. The minimum Gasteiger partial charge on any atom is -0.497 e. The quantitative estimate of drug-likeness (QED) is 0.925. The number of anilines is 1. The van der Waals surface area contributed by atoms with Crippen LogP contribution in [0.4, 0.5) is 5.69 Å². The van der Waals surface area contributed by atoms with Gasteiger partial charge in [-0.2, -0.15) is 0 Å². The average Bonchev–Trinajstić information content (AvgIpc) is 2.53. The summed E-state index contributed by atoms with van der Waals surface area (Å²) in [7, 11) is 1.64. The van der Waals surface area contributed by atoms with Gasteiger partial charge in [0, 0.05) is 17.7 Å². The van der Waals surface area contributed by atoms with E-state index in [1.165, 1.54) is 18.4 Å².